The maximum atomic E-state index is 11.6. The molecule has 0 radical (unpaired) electrons. The molecule has 0 spiro atoms. The average molecular weight is 249 g/mol. The molecule has 0 aliphatic carbocycles. The van der Waals surface area contributed by atoms with Gasteiger partial charge in [0, 0.05) is 19.2 Å². The van der Waals surface area contributed by atoms with E-state index in [4.69, 9.17) is 9.73 Å². The number of imide groups is 1. The largest absolute Gasteiger partial charge is 0.344 e. The first kappa shape index (κ1) is 13.4. The number of nitrogens with zero attached hydrogens (tertiary/aromatic N) is 1. The van der Waals surface area contributed by atoms with E-state index in [9.17, 15) is 14.2 Å². The van der Waals surface area contributed by atoms with Crippen LogP contribution in [0.25, 0.3) is 0 Å². The predicted octanol–water partition coefficient (Wildman–Crippen LogP) is 0.603. The van der Waals surface area contributed by atoms with Crippen molar-refractivity contribution in [3.63, 3.8) is 0 Å². The lowest BCUT2D eigenvalue weighted by Gasteiger charge is -2.16. The third-order valence-corrected chi connectivity index (χ3v) is 3.46. The minimum Gasteiger partial charge on any atom is -0.344 e. The zero-order chi connectivity index (χ0) is 12.3. The van der Waals surface area contributed by atoms with Crippen molar-refractivity contribution in [2.45, 2.75) is 19.8 Å². The van der Waals surface area contributed by atoms with Crippen LogP contribution in [0.5, 0.6) is 0 Å². The lowest BCUT2D eigenvalue weighted by atomic mass is 10.1. The van der Waals surface area contributed by atoms with Gasteiger partial charge in [-0.1, -0.05) is 6.92 Å². The second kappa shape index (κ2) is 5.08. The zero-order valence-corrected chi connectivity index (χ0v) is 10.3. The first-order chi connectivity index (χ1) is 7.29. The third-order valence-electron chi connectivity index (χ3n) is 2.16. The van der Waals surface area contributed by atoms with Gasteiger partial charge in [0.25, 0.3) is 11.8 Å². The van der Waals surface area contributed by atoms with Crippen LogP contribution in [0.1, 0.15) is 19.8 Å². The van der Waals surface area contributed by atoms with Crippen molar-refractivity contribution in [1.29, 1.82) is 0 Å². The molecule has 1 aliphatic heterocycles. The molecule has 1 fully saturated rings. The Morgan fingerprint density at radius 2 is 2.31 bits per heavy atom. The molecular formula is C9H16NO5P. The minimum atomic E-state index is -3.12. The maximum Gasteiger partial charge on any atom is 0.255 e. The quantitative estimate of drug-likeness (QED) is 0.738. The molecule has 2 atom stereocenters. The van der Waals surface area contributed by atoms with Crippen LogP contribution in [0.4, 0.5) is 0 Å². The molecule has 0 saturated carbocycles. The molecule has 0 aromatic rings. The molecule has 0 aromatic carbocycles. The van der Waals surface area contributed by atoms with Crippen molar-refractivity contribution in [2.24, 2.45) is 5.92 Å². The third kappa shape index (κ3) is 4.04. The van der Waals surface area contributed by atoms with Gasteiger partial charge in [-0.05, 0) is 5.92 Å². The summed E-state index contributed by atoms with van der Waals surface area (Å²) >= 11 is 0. The second-order valence-corrected chi connectivity index (χ2v) is 6.68. The summed E-state index contributed by atoms with van der Waals surface area (Å²) in [6.07, 6.45) is 0.331. The number of rotatable bonds is 4. The number of hydrogen-bond acceptors (Lipinski definition) is 4. The Morgan fingerprint density at radius 3 is 2.75 bits per heavy atom. The van der Waals surface area contributed by atoms with E-state index in [1.807, 2.05) is 0 Å². The van der Waals surface area contributed by atoms with Gasteiger partial charge in [-0.2, -0.15) is 5.06 Å². The summed E-state index contributed by atoms with van der Waals surface area (Å²) in [5, 5.41) is 0.758. The lowest BCUT2D eigenvalue weighted by molar-refractivity contribution is -0.178. The molecule has 1 N–H and O–H groups in total. The van der Waals surface area contributed by atoms with E-state index in [1.54, 1.807) is 6.92 Å². The molecule has 1 aliphatic rings. The van der Waals surface area contributed by atoms with E-state index < -0.39 is 13.3 Å². The van der Waals surface area contributed by atoms with Crippen LogP contribution in [0.3, 0.4) is 0 Å². The summed E-state index contributed by atoms with van der Waals surface area (Å²) in [6, 6.07) is 0. The first-order valence-electron chi connectivity index (χ1n) is 5.07. The molecule has 1 saturated heterocycles. The molecular weight excluding hydrogens is 233 g/mol. The van der Waals surface area contributed by atoms with Crippen molar-refractivity contribution in [2.75, 3.05) is 19.4 Å². The topological polar surface area (TPSA) is 83.9 Å². The predicted molar refractivity (Wildman–Crippen MR) is 56.8 cm³/mol. The van der Waals surface area contributed by atoms with E-state index >= 15 is 0 Å². The highest BCUT2D eigenvalue weighted by atomic mass is 31.2. The standard InChI is InChI=1S/C9H16NO5P/c1-7(6-16(2,13)14)5-9(12)10-8(11)3-4-15-10/h7H,3-6H2,1-2H3,(H,13,14). The normalized spacial score (nSPS) is 21.9. The number of carbonyl (C=O) groups is 2. The SMILES string of the molecule is CC(CC(=O)N1OCCC1=O)CP(C)(=O)O. The molecule has 16 heavy (non-hydrogen) atoms. The van der Waals surface area contributed by atoms with Crippen LogP contribution in [0, 0.1) is 5.92 Å². The van der Waals surface area contributed by atoms with Gasteiger partial charge in [-0.25, -0.2) is 0 Å². The molecule has 0 aromatic heterocycles. The summed E-state index contributed by atoms with van der Waals surface area (Å²) in [7, 11) is -3.12. The van der Waals surface area contributed by atoms with Crippen LogP contribution in [-0.4, -0.2) is 41.2 Å². The van der Waals surface area contributed by atoms with Crippen molar-refractivity contribution >= 4 is 19.2 Å². The summed E-state index contributed by atoms with van der Waals surface area (Å²) < 4.78 is 11.1. The molecule has 92 valence electrons. The molecule has 2 unspecified atom stereocenters. The van der Waals surface area contributed by atoms with Crippen molar-refractivity contribution in [1.82, 2.24) is 5.06 Å². The Morgan fingerprint density at radius 1 is 1.69 bits per heavy atom. The fraction of sp³-hybridized carbons (Fsp3) is 0.778. The van der Waals surface area contributed by atoms with Gasteiger partial charge in [0.05, 0.1) is 13.0 Å². The second-order valence-electron chi connectivity index (χ2n) is 4.21. The number of carbonyl (C=O) groups excluding carboxylic acids is 2. The molecule has 1 heterocycles. The monoisotopic (exact) mass is 249 g/mol. The van der Waals surface area contributed by atoms with Gasteiger partial charge in [-0.3, -0.25) is 19.0 Å². The van der Waals surface area contributed by atoms with Crippen molar-refractivity contribution in [3.05, 3.63) is 0 Å². The zero-order valence-electron chi connectivity index (χ0n) is 9.38. The van der Waals surface area contributed by atoms with E-state index in [-0.39, 0.29) is 37.4 Å². The number of hydrogen-bond donors (Lipinski definition) is 1. The van der Waals surface area contributed by atoms with Gasteiger partial charge in [0.2, 0.25) is 0 Å². The highest BCUT2D eigenvalue weighted by molar-refractivity contribution is 7.57. The smallest absolute Gasteiger partial charge is 0.255 e. The van der Waals surface area contributed by atoms with Gasteiger partial charge in [-0.15, -0.1) is 0 Å². The van der Waals surface area contributed by atoms with Gasteiger partial charge < -0.3 is 4.89 Å². The molecule has 1 rings (SSSR count). The Bertz CT molecular complexity index is 337. The van der Waals surface area contributed by atoms with E-state index in [0.29, 0.717) is 0 Å². The molecule has 0 bridgehead atoms. The fourth-order valence-corrected chi connectivity index (χ4v) is 2.92. The molecule has 2 amide bonds. The summed E-state index contributed by atoms with van der Waals surface area (Å²) in [6.45, 7) is 3.18. The summed E-state index contributed by atoms with van der Waals surface area (Å²) in [5.74, 6) is -1.03. The van der Waals surface area contributed by atoms with E-state index in [1.165, 1.54) is 6.66 Å². The highest BCUT2D eigenvalue weighted by Gasteiger charge is 2.29. The Kier molecular flexibility index (Phi) is 4.24. The van der Waals surface area contributed by atoms with Crippen LogP contribution in [0.2, 0.25) is 0 Å². The highest BCUT2D eigenvalue weighted by Crippen LogP contribution is 2.38. The lowest BCUT2D eigenvalue weighted by Crippen LogP contribution is -2.32. The maximum absolute atomic E-state index is 11.6. The van der Waals surface area contributed by atoms with Crippen LogP contribution in [0.15, 0.2) is 0 Å². The van der Waals surface area contributed by atoms with Gasteiger partial charge in [0.1, 0.15) is 0 Å². The van der Waals surface area contributed by atoms with Crippen molar-refractivity contribution in [3.8, 4) is 0 Å². The number of hydroxylamine groups is 2. The van der Waals surface area contributed by atoms with Crippen molar-refractivity contribution < 1.29 is 23.9 Å². The van der Waals surface area contributed by atoms with Gasteiger partial charge >= 0.3 is 0 Å². The first-order valence-corrected chi connectivity index (χ1v) is 7.37. The molecule has 7 heteroatoms. The summed E-state index contributed by atoms with van der Waals surface area (Å²) in [5.41, 5.74) is 0. The van der Waals surface area contributed by atoms with Crippen LogP contribution >= 0.6 is 7.37 Å². The molecule has 6 nitrogen and oxygen atoms in total. The Labute approximate surface area is 94.0 Å². The average Bonchev–Trinajstić information content (AvgIpc) is 2.47. The number of amides is 2. The fourth-order valence-electron chi connectivity index (χ4n) is 1.63. The summed E-state index contributed by atoms with van der Waals surface area (Å²) in [4.78, 5) is 36.7. The van der Waals surface area contributed by atoms with Crippen LogP contribution < -0.4 is 0 Å². The van der Waals surface area contributed by atoms with E-state index in [2.05, 4.69) is 0 Å². The Hall–Kier alpha value is -0.710. The minimum absolute atomic E-state index is 0.0458. The van der Waals surface area contributed by atoms with Gasteiger partial charge in [0.15, 0.2) is 7.37 Å². The Balaban J connectivity index is 2.45. The van der Waals surface area contributed by atoms with Crippen LogP contribution in [-0.2, 0) is 19.0 Å². The van der Waals surface area contributed by atoms with E-state index in [0.717, 1.165) is 5.06 Å².